The van der Waals surface area contributed by atoms with Crippen molar-refractivity contribution in [3.8, 4) is 0 Å². The first-order chi connectivity index (χ1) is 13.3. The molecule has 0 aliphatic rings. The van der Waals surface area contributed by atoms with Crippen LogP contribution in [-0.2, 0) is 11.4 Å². The molecule has 5 nitrogen and oxygen atoms in total. The molecule has 0 radical (unpaired) electrons. The van der Waals surface area contributed by atoms with E-state index in [1.54, 1.807) is 11.8 Å². The molecule has 2 aromatic carbocycles. The highest BCUT2D eigenvalue weighted by Crippen LogP contribution is 2.15. The van der Waals surface area contributed by atoms with Crippen molar-refractivity contribution >= 4 is 17.7 Å². The largest absolute Gasteiger partial charge is 0.870 e. The average molecular weight is 405 g/mol. The standard InChI is InChI=1S/C15H24N2OS.C7H7O.H2O/c16-11-7-2-1-6-10-15(18)17-12-13-19-14-8-4-3-5-9-14;8-6-7-4-2-1-3-5-7;/h3-5,8-9H,1-2,6-7,10-13,16H2,(H,17,18);1-5H,6H2;1H2/q;-1;/p-1. The first-order valence-electron chi connectivity index (χ1n) is 9.53. The monoisotopic (exact) mass is 404 g/mol. The zero-order chi connectivity index (χ0) is 19.6. The summed E-state index contributed by atoms with van der Waals surface area (Å²) < 4.78 is 0. The zero-order valence-corrected chi connectivity index (χ0v) is 17.2. The van der Waals surface area contributed by atoms with Gasteiger partial charge < -0.3 is 21.6 Å². The van der Waals surface area contributed by atoms with Crippen LogP contribution in [0.3, 0.4) is 0 Å². The van der Waals surface area contributed by atoms with Crippen molar-refractivity contribution in [1.29, 1.82) is 0 Å². The van der Waals surface area contributed by atoms with Crippen LogP contribution in [0.15, 0.2) is 65.6 Å². The van der Waals surface area contributed by atoms with Crippen LogP contribution in [0, 0.1) is 0 Å². The van der Waals surface area contributed by atoms with Gasteiger partial charge in [-0.05, 0) is 31.5 Å². The SMILES string of the molecule is NCCCCCCC(=O)NCCSc1ccccc1.[O-]Cc1ccccc1.[OH-]. The molecule has 1 amide bonds. The molecule has 4 N–H and O–H groups in total. The van der Waals surface area contributed by atoms with Gasteiger partial charge in [0, 0.05) is 23.6 Å². The summed E-state index contributed by atoms with van der Waals surface area (Å²) in [5.41, 5.74) is 6.27. The number of carbonyl (C=O) groups excluding carboxylic acids is 1. The van der Waals surface area contributed by atoms with Crippen LogP contribution in [-0.4, -0.2) is 30.2 Å². The van der Waals surface area contributed by atoms with Crippen LogP contribution in [0.5, 0.6) is 0 Å². The minimum Gasteiger partial charge on any atom is -0.870 e. The molecule has 156 valence electrons. The van der Waals surface area contributed by atoms with E-state index >= 15 is 0 Å². The lowest BCUT2D eigenvalue weighted by Gasteiger charge is -2.05. The molecule has 0 saturated carbocycles. The van der Waals surface area contributed by atoms with E-state index in [-0.39, 0.29) is 18.0 Å². The number of hydrogen-bond donors (Lipinski definition) is 2. The number of benzene rings is 2. The number of rotatable bonds is 11. The molecule has 0 aliphatic carbocycles. The van der Waals surface area contributed by atoms with Gasteiger partial charge >= 0.3 is 0 Å². The maximum atomic E-state index is 11.5. The Bertz CT molecular complexity index is 597. The van der Waals surface area contributed by atoms with Crippen LogP contribution in [0.1, 0.15) is 37.7 Å². The predicted octanol–water partition coefficient (Wildman–Crippen LogP) is 3.17. The fraction of sp³-hybridized carbons (Fsp3) is 0.409. The van der Waals surface area contributed by atoms with Gasteiger partial charge in [0.2, 0.25) is 5.91 Å². The lowest BCUT2D eigenvalue weighted by atomic mass is 10.1. The Morgan fingerprint density at radius 2 is 1.54 bits per heavy atom. The third kappa shape index (κ3) is 14.2. The van der Waals surface area contributed by atoms with Crippen LogP contribution in [0.25, 0.3) is 0 Å². The quantitative estimate of drug-likeness (QED) is 0.442. The zero-order valence-electron chi connectivity index (χ0n) is 16.4. The highest BCUT2D eigenvalue weighted by atomic mass is 32.2. The third-order valence-electron chi connectivity index (χ3n) is 3.80. The van der Waals surface area contributed by atoms with Crippen molar-refractivity contribution < 1.29 is 15.4 Å². The van der Waals surface area contributed by atoms with Gasteiger partial charge in [-0.3, -0.25) is 4.79 Å². The Labute approximate surface area is 173 Å². The second-order valence-corrected chi connectivity index (χ2v) is 7.26. The smallest absolute Gasteiger partial charge is 0.220 e. The molecule has 0 bridgehead atoms. The first-order valence-corrected chi connectivity index (χ1v) is 10.5. The molecule has 6 heteroatoms. The topological polar surface area (TPSA) is 108 Å². The fourth-order valence-corrected chi connectivity index (χ4v) is 3.11. The van der Waals surface area contributed by atoms with E-state index in [2.05, 4.69) is 17.4 Å². The van der Waals surface area contributed by atoms with E-state index < -0.39 is 0 Å². The Morgan fingerprint density at radius 1 is 0.929 bits per heavy atom. The van der Waals surface area contributed by atoms with Crippen molar-refractivity contribution in [1.82, 2.24) is 5.32 Å². The van der Waals surface area contributed by atoms with Crippen molar-refractivity contribution in [3.63, 3.8) is 0 Å². The first kappa shape index (κ1) is 26.1. The maximum Gasteiger partial charge on any atom is 0.220 e. The van der Waals surface area contributed by atoms with Gasteiger partial charge in [-0.2, -0.15) is 0 Å². The predicted molar refractivity (Wildman–Crippen MR) is 114 cm³/mol. The summed E-state index contributed by atoms with van der Waals surface area (Å²) in [6, 6.07) is 19.5. The summed E-state index contributed by atoms with van der Waals surface area (Å²) in [4.78, 5) is 12.8. The molecule has 0 unspecified atom stereocenters. The Morgan fingerprint density at radius 3 is 2.11 bits per heavy atom. The normalized spacial score (nSPS) is 9.64. The van der Waals surface area contributed by atoms with Gasteiger partial charge in [0.15, 0.2) is 0 Å². The number of amides is 1. The second kappa shape index (κ2) is 18.5. The van der Waals surface area contributed by atoms with Crippen molar-refractivity contribution in [2.75, 3.05) is 18.8 Å². The number of thioether (sulfide) groups is 1. The Hall–Kier alpha value is -1.86. The molecule has 2 aromatic rings. The summed E-state index contributed by atoms with van der Waals surface area (Å²) in [5.74, 6) is 1.09. The fourth-order valence-electron chi connectivity index (χ4n) is 2.32. The van der Waals surface area contributed by atoms with Gasteiger partial charge in [0.1, 0.15) is 0 Å². The van der Waals surface area contributed by atoms with Crippen molar-refractivity contribution in [3.05, 3.63) is 66.2 Å². The van der Waals surface area contributed by atoms with E-state index in [0.717, 1.165) is 50.1 Å². The molecular weight excluding hydrogens is 372 g/mol. The summed E-state index contributed by atoms with van der Waals surface area (Å²) >= 11 is 1.77. The molecule has 0 fully saturated rings. The van der Waals surface area contributed by atoms with Crippen LogP contribution >= 0.6 is 11.8 Å². The van der Waals surface area contributed by atoms with Gasteiger partial charge in [-0.15, -0.1) is 18.4 Å². The molecule has 2 rings (SSSR count). The molecule has 0 atom stereocenters. The Kier molecular flexibility index (Phi) is 17.3. The van der Waals surface area contributed by atoms with Gasteiger partial charge in [0.25, 0.3) is 0 Å². The van der Waals surface area contributed by atoms with Crippen molar-refractivity contribution in [2.24, 2.45) is 5.73 Å². The second-order valence-electron chi connectivity index (χ2n) is 6.09. The molecule has 0 spiro atoms. The Balaban J connectivity index is 0.000000678. The molecule has 0 saturated heterocycles. The number of nitrogens with two attached hydrogens (primary N) is 1. The van der Waals surface area contributed by atoms with Crippen LogP contribution in [0.2, 0.25) is 0 Å². The molecule has 0 aliphatic heterocycles. The summed E-state index contributed by atoms with van der Waals surface area (Å²) in [7, 11) is 0. The lowest BCUT2D eigenvalue weighted by Crippen LogP contribution is -2.25. The summed E-state index contributed by atoms with van der Waals surface area (Å²) in [6.07, 6.45) is 4.91. The molecule has 28 heavy (non-hydrogen) atoms. The van der Waals surface area contributed by atoms with E-state index in [1.165, 1.54) is 4.90 Å². The van der Waals surface area contributed by atoms with E-state index in [1.807, 2.05) is 48.5 Å². The van der Waals surface area contributed by atoms with E-state index in [0.29, 0.717) is 6.42 Å². The highest BCUT2D eigenvalue weighted by Gasteiger charge is 2.00. The molecule has 0 aromatic heterocycles. The minimum atomic E-state index is -0.110. The molecular formula is C22H32N2O3S-2. The van der Waals surface area contributed by atoms with Gasteiger partial charge in [0.05, 0.1) is 0 Å². The van der Waals surface area contributed by atoms with E-state index in [9.17, 15) is 9.90 Å². The summed E-state index contributed by atoms with van der Waals surface area (Å²) in [6.45, 7) is 1.38. The van der Waals surface area contributed by atoms with Gasteiger partial charge in [-0.25, -0.2) is 0 Å². The van der Waals surface area contributed by atoms with Crippen molar-refractivity contribution in [2.45, 2.75) is 43.6 Å². The lowest BCUT2D eigenvalue weighted by molar-refractivity contribution is -0.386. The molecule has 0 heterocycles. The average Bonchev–Trinajstić information content (AvgIpc) is 2.73. The maximum absolute atomic E-state index is 11.5. The third-order valence-corrected chi connectivity index (χ3v) is 4.82. The van der Waals surface area contributed by atoms with Crippen LogP contribution in [0.4, 0.5) is 0 Å². The summed E-state index contributed by atoms with van der Waals surface area (Å²) in [5, 5.41) is 13.1. The van der Waals surface area contributed by atoms with E-state index in [4.69, 9.17) is 5.73 Å². The number of hydrogen-bond acceptors (Lipinski definition) is 5. The van der Waals surface area contributed by atoms with Crippen LogP contribution < -0.4 is 16.2 Å². The number of carbonyl (C=O) groups is 1. The highest BCUT2D eigenvalue weighted by molar-refractivity contribution is 7.99. The number of nitrogens with one attached hydrogen (secondary N) is 1. The number of unbranched alkanes of at least 4 members (excludes halogenated alkanes) is 3. The minimum absolute atomic E-state index is 0. The van der Waals surface area contributed by atoms with Gasteiger partial charge in [-0.1, -0.05) is 66.9 Å².